The molecule has 0 aliphatic carbocycles. The van der Waals surface area contributed by atoms with Crippen molar-refractivity contribution >= 4 is 0 Å². The van der Waals surface area contributed by atoms with Gasteiger partial charge >= 0.3 is 0 Å². The van der Waals surface area contributed by atoms with Crippen LogP contribution in [-0.4, -0.2) is 0 Å². The Bertz CT molecular complexity index is 408. The fraction of sp³-hybridized carbons (Fsp3) is 0.429. The van der Waals surface area contributed by atoms with E-state index in [-0.39, 0.29) is 5.41 Å². The predicted octanol–water partition coefficient (Wildman–Crippen LogP) is 3.82. The minimum atomic E-state index is 0.189. The fourth-order valence-corrected chi connectivity index (χ4v) is 1.78. The lowest BCUT2D eigenvalue weighted by Gasteiger charge is -2.22. The molecule has 0 saturated carbocycles. The number of ether oxygens (including phenoxy) is 1. The molecule has 0 unspecified atom stereocenters. The largest absolute Gasteiger partial charge is 0.465 e. The van der Waals surface area contributed by atoms with Gasteiger partial charge in [0.2, 0.25) is 0 Å². The van der Waals surface area contributed by atoms with Gasteiger partial charge in [0.25, 0.3) is 0 Å². The fourth-order valence-electron chi connectivity index (χ4n) is 1.78. The molecule has 15 heavy (non-hydrogen) atoms. The molecule has 1 nitrogen and oxygen atoms in total. The van der Waals surface area contributed by atoms with Crippen molar-refractivity contribution in [1.82, 2.24) is 0 Å². The van der Waals surface area contributed by atoms with Gasteiger partial charge in [-0.1, -0.05) is 32.9 Å². The lowest BCUT2D eigenvalue weighted by Crippen LogP contribution is -2.12. The molecule has 0 saturated heterocycles. The standard InChI is InChI=1S/C14H18O/c1-10-7-11-5-6-12(14(2,3)4)8-13(11)15-9-10/h5-6,8-9H,7H2,1-4H3. The summed E-state index contributed by atoms with van der Waals surface area (Å²) < 4.78 is 5.61. The predicted molar refractivity (Wildman–Crippen MR) is 63.2 cm³/mol. The van der Waals surface area contributed by atoms with Gasteiger partial charge in [0.15, 0.2) is 0 Å². The topological polar surface area (TPSA) is 9.23 Å². The number of fused-ring (bicyclic) bond motifs is 1. The summed E-state index contributed by atoms with van der Waals surface area (Å²) in [5, 5.41) is 0. The van der Waals surface area contributed by atoms with E-state index in [1.807, 2.05) is 6.26 Å². The van der Waals surface area contributed by atoms with Crippen molar-refractivity contribution in [2.75, 3.05) is 0 Å². The maximum Gasteiger partial charge on any atom is 0.130 e. The van der Waals surface area contributed by atoms with Crippen LogP contribution >= 0.6 is 0 Å². The smallest absolute Gasteiger partial charge is 0.130 e. The average Bonchev–Trinajstić information content (AvgIpc) is 2.15. The van der Waals surface area contributed by atoms with E-state index in [0.717, 1.165) is 12.2 Å². The Morgan fingerprint density at radius 1 is 1.20 bits per heavy atom. The lowest BCUT2D eigenvalue weighted by molar-refractivity contribution is 0.453. The third-order valence-corrected chi connectivity index (χ3v) is 2.79. The van der Waals surface area contributed by atoms with E-state index >= 15 is 0 Å². The van der Waals surface area contributed by atoms with Gasteiger partial charge in [-0.25, -0.2) is 0 Å². The van der Waals surface area contributed by atoms with Crippen molar-refractivity contribution in [2.24, 2.45) is 0 Å². The van der Waals surface area contributed by atoms with E-state index in [2.05, 4.69) is 45.9 Å². The first-order valence-corrected chi connectivity index (χ1v) is 5.42. The summed E-state index contributed by atoms with van der Waals surface area (Å²) in [7, 11) is 0. The van der Waals surface area contributed by atoms with Crippen LogP contribution in [0.25, 0.3) is 0 Å². The normalized spacial score (nSPS) is 15.3. The van der Waals surface area contributed by atoms with E-state index in [4.69, 9.17) is 4.74 Å². The van der Waals surface area contributed by atoms with Gasteiger partial charge < -0.3 is 4.74 Å². The summed E-state index contributed by atoms with van der Waals surface area (Å²) in [6.07, 6.45) is 2.87. The van der Waals surface area contributed by atoms with Crippen molar-refractivity contribution in [3.8, 4) is 5.75 Å². The van der Waals surface area contributed by atoms with Crippen molar-refractivity contribution in [2.45, 2.75) is 39.5 Å². The SMILES string of the molecule is CC1=COc2cc(C(C)(C)C)ccc2C1. The van der Waals surface area contributed by atoms with Gasteiger partial charge in [-0.3, -0.25) is 0 Å². The highest BCUT2D eigenvalue weighted by atomic mass is 16.5. The van der Waals surface area contributed by atoms with Crippen LogP contribution in [0.15, 0.2) is 30.0 Å². The minimum Gasteiger partial charge on any atom is -0.465 e. The molecule has 0 bridgehead atoms. The number of hydrogen-bond donors (Lipinski definition) is 0. The van der Waals surface area contributed by atoms with Gasteiger partial charge in [-0.2, -0.15) is 0 Å². The molecular formula is C14H18O. The highest BCUT2D eigenvalue weighted by Gasteiger charge is 2.17. The summed E-state index contributed by atoms with van der Waals surface area (Å²) in [6.45, 7) is 8.76. The van der Waals surface area contributed by atoms with Crippen LogP contribution in [0.5, 0.6) is 5.75 Å². The summed E-state index contributed by atoms with van der Waals surface area (Å²) in [5.41, 5.74) is 4.09. The molecule has 0 aromatic heterocycles. The second-order valence-electron chi connectivity index (χ2n) is 5.33. The van der Waals surface area contributed by atoms with E-state index < -0.39 is 0 Å². The monoisotopic (exact) mass is 202 g/mol. The highest BCUT2D eigenvalue weighted by Crippen LogP contribution is 2.32. The molecule has 0 spiro atoms. The summed E-state index contributed by atoms with van der Waals surface area (Å²) in [4.78, 5) is 0. The second kappa shape index (κ2) is 3.41. The van der Waals surface area contributed by atoms with Crippen LogP contribution in [-0.2, 0) is 11.8 Å². The van der Waals surface area contributed by atoms with E-state index in [9.17, 15) is 0 Å². The van der Waals surface area contributed by atoms with Gasteiger partial charge in [0.1, 0.15) is 5.75 Å². The number of hydrogen-bond acceptors (Lipinski definition) is 1. The van der Waals surface area contributed by atoms with Crippen molar-refractivity contribution in [1.29, 1.82) is 0 Å². The molecular weight excluding hydrogens is 184 g/mol. The molecule has 2 rings (SSSR count). The molecule has 0 fully saturated rings. The second-order valence-corrected chi connectivity index (χ2v) is 5.33. The Hall–Kier alpha value is -1.24. The van der Waals surface area contributed by atoms with Crippen LogP contribution in [0.3, 0.4) is 0 Å². The molecule has 1 aromatic carbocycles. The first-order valence-electron chi connectivity index (χ1n) is 5.42. The zero-order valence-corrected chi connectivity index (χ0v) is 9.92. The summed E-state index contributed by atoms with van der Waals surface area (Å²) >= 11 is 0. The molecule has 0 radical (unpaired) electrons. The number of rotatable bonds is 0. The molecule has 1 heteroatoms. The van der Waals surface area contributed by atoms with Crippen molar-refractivity contribution in [3.05, 3.63) is 41.2 Å². The van der Waals surface area contributed by atoms with Crippen LogP contribution in [0, 0.1) is 0 Å². The van der Waals surface area contributed by atoms with Gasteiger partial charge in [-0.05, 0) is 35.1 Å². The van der Waals surface area contributed by atoms with Crippen molar-refractivity contribution < 1.29 is 4.74 Å². The Balaban J connectivity index is 2.39. The first-order chi connectivity index (χ1) is 6.97. The number of allylic oxidation sites excluding steroid dienone is 1. The van der Waals surface area contributed by atoms with Crippen LogP contribution in [0.4, 0.5) is 0 Å². The molecule has 1 aliphatic heterocycles. The Morgan fingerprint density at radius 2 is 1.93 bits per heavy atom. The molecule has 80 valence electrons. The van der Waals surface area contributed by atoms with Gasteiger partial charge in [-0.15, -0.1) is 0 Å². The zero-order valence-electron chi connectivity index (χ0n) is 9.92. The maximum atomic E-state index is 5.61. The molecule has 0 amide bonds. The summed E-state index contributed by atoms with van der Waals surface area (Å²) in [5.74, 6) is 1.02. The Labute approximate surface area is 91.8 Å². The minimum absolute atomic E-state index is 0.189. The maximum absolute atomic E-state index is 5.61. The van der Waals surface area contributed by atoms with Crippen LogP contribution in [0.1, 0.15) is 38.8 Å². The van der Waals surface area contributed by atoms with E-state index in [1.165, 1.54) is 16.7 Å². The number of benzene rings is 1. The molecule has 1 aliphatic rings. The average molecular weight is 202 g/mol. The molecule has 0 N–H and O–H groups in total. The van der Waals surface area contributed by atoms with Gasteiger partial charge in [0.05, 0.1) is 6.26 Å². The zero-order chi connectivity index (χ0) is 11.1. The van der Waals surface area contributed by atoms with Crippen LogP contribution < -0.4 is 4.74 Å². The summed E-state index contributed by atoms with van der Waals surface area (Å²) in [6, 6.07) is 6.56. The Morgan fingerprint density at radius 3 is 2.60 bits per heavy atom. The lowest BCUT2D eigenvalue weighted by atomic mass is 9.86. The quantitative estimate of drug-likeness (QED) is 0.621. The molecule has 0 atom stereocenters. The van der Waals surface area contributed by atoms with Crippen molar-refractivity contribution in [3.63, 3.8) is 0 Å². The molecule has 1 heterocycles. The third-order valence-electron chi connectivity index (χ3n) is 2.79. The van der Waals surface area contributed by atoms with E-state index in [1.54, 1.807) is 0 Å². The van der Waals surface area contributed by atoms with Crippen LogP contribution in [0.2, 0.25) is 0 Å². The van der Waals surface area contributed by atoms with Gasteiger partial charge in [0, 0.05) is 6.42 Å². The highest BCUT2D eigenvalue weighted by molar-refractivity contribution is 5.43. The Kier molecular flexibility index (Phi) is 2.34. The molecule has 1 aromatic rings. The first kappa shape index (κ1) is 10.3. The van der Waals surface area contributed by atoms with E-state index in [0.29, 0.717) is 0 Å². The third kappa shape index (κ3) is 2.06.